The molecular formula is C18H24N4O3S2. The van der Waals surface area contributed by atoms with Crippen molar-refractivity contribution in [2.75, 3.05) is 26.2 Å². The predicted octanol–water partition coefficient (Wildman–Crippen LogP) is 2.19. The first-order valence-corrected chi connectivity index (χ1v) is 11.2. The summed E-state index contributed by atoms with van der Waals surface area (Å²) < 4.78 is 26.8. The monoisotopic (exact) mass is 408 g/mol. The van der Waals surface area contributed by atoms with Gasteiger partial charge in [0.1, 0.15) is 9.77 Å². The normalized spacial score (nSPS) is 16.1. The van der Waals surface area contributed by atoms with Gasteiger partial charge in [-0.3, -0.25) is 9.78 Å². The van der Waals surface area contributed by atoms with Crippen molar-refractivity contribution in [1.29, 1.82) is 0 Å². The Hall–Kier alpha value is -1.84. The number of aryl methyl sites for hydroxylation is 1. The van der Waals surface area contributed by atoms with Crippen molar-refractivity contribution in [3.8, 4) is 0 Å². The minimum Gasteiger partial charge on any atom is -0.335 e. The van der Waals surface area contributed by atoms with E-state index >= 15 is 0 Å². The van der Waals surface area contributed by atoms with Crippen LogP contribution in [0.2, 0.25) is 0 Å². The van der Waals surface area contributed by atoms with Gasteiger partial charge in [-0.05, 0) is 25.0 Å². The molecule has 9 heteroatoms. The summed E-state index contributed by atoms with van der Waals surface area (Å²) in [6.07, 6.45) is 3.75. The maximum absolute atomic E-state index is 12.9. The second-order valence-corrected chi connectivity index (χ2v) is 10.0. The highest BCUT2D eigenvalue weighted by Gasteiger charge is 2.31. The van der Waals surface area contributed by atoms with E-state index in [0.29, 0.717) is 23.9 Å². The van der Waals surface area contributed by atoms with Crippen LogP contribution in [0.5, 0.6) is 0 Å². The Morgan fingerprint density at radius 2 is 1.96 bits per heavy atom. The SMILES string of the molecule is Cc1nc(CC(C)C)sc1C(=O)N1CCN(S(=O)(=O)c2cccnc2)CC1. The van der Waals surface area contributed by atoms with Crippen LogP contribution in [0.1, 0.15) is 34.2 Å². The molecule has 1 amide bonds. The summed E-state index contributed by atoms with van der Waals surface area (Å²) in [6, 6.07) is 3.14. The third-order valence-electron chi connectivity index (χ3n) is 4.42. The number of aromatic nitrogens is 2. The molecule has 0 aromatic carbocycles. The largest absolute Gasteiger partial charge is 0.335 e. The summed E-state index contributed by atoms with van der Waals surface area (Å²) in [5.74, 6) is 0.429. The van der Waals surface area contributed by atoms with Crippen LogP contribution >= 0.6 is 11.3 Å². The highest BCUT2D eigenvalue weighted by molar-refractivity contribution is 7.89. The van der Waals surface area contributed by atoms with Crippen LogP contribution in [-0.2, 0) is 16.4 Å². The van der Waals surface area contributed by atoms with Crippen LogP contribution < -0.4 is 0 Å². The van der Waals surface area contributed by atoms with Crippen LogP contribution in [0.3, 0.4) is 0 Å². The predicted molar refractivity (Wildman–Crippen MR) is 104 cm³/mol. The molecule has 0 N–H and O–H groups in total. The second-order valence-electron chi connectivity index (χ2n) is 7.01. The van der Waals surface area contributed by atoms with Crippen LogP contribution in [0.25, 0.3) is 0 Å². The van der Waals surface area contributed by atoms with Crippen LogP contribution in [0, 0.1) is 12.8 Å². The van der Waals surface area contributed by atoms with Crippen molar-refractivity contribution in [3.05, 3.63) is 40.1 Å². The molecule has 3 rings (SSSR count). The van der Waals surface area contributed by atoms with Gasteiger partial charge in [-0.15, -0.1) is 11.3 Å². The summed E-state index contributed by atoms with van der Waals surface area (Å²) in [6.45, 7) is 7.40. The average molecular weight is 409 g/mol. The van der Waals surface area contributed by atoms with E-state index in [9.17, 15) is 13.2 Å². The molecule has 1 fully saturated rings. The lowest BCUT2D eigenvalue weighted by Gasteiger charge is -2.33. The number of rotatable bonds is 5. The van der Waals surface area contributed by atoms with Crippen LogP contribution in [-0.4, -0.2) is 59.7 Å². The van der Waals surface area contributed by atoms with Crippen LogP contribution in [0.4, 0.5) is 0 Å². The highest BCUT2D eigenvalue weighted by Crippen LogP contribution is 2.24. The zero-order valence-corrected chi connectivity index (χ0v) is 17.4. The summed E-state index contributed by atoms with van der Waals surface area (Å²) in [5.41, 5.74) is 0.756. The topological polar surface area (TPSA) is 83.5 Å². The molecule has 7 nitrogen and oxygen atoms in total. The van der Waals surface area contributed by atoms with Gasteiger partial charge < -0.3 is 4.90 Å². The Morgan fingerprint density at radius 1 is 1.26 bits per heavy atom. The molecular weight excluding hydrogens is 384 g/mol. The van der Waals surface area contributed by atoms with Crippen molar-refractivity contribution >= 4 is 27.3 Å². The van der Waals surface area contributed by atoms with Gasteiger partial charge >= 0.3 is 0 Å². The van der Waals surface area contributed by atoms with E-state index in [2.05, 4.69) is 23.8 Å². The van der Waals surface area contributed by atoms with Gasteiger partial charge in [-0.1, -0.05) is 13.8 Å². The molecule has 0 aliphatic carbocycles. The zero-order chi connectivity index (χ0) is 19.6. The summed E-state index contributed by atoms with van der Waals surface area (Å²) in [5, 5.41) is 0.976. The Balaban J connectivity index is 1.67. The zero-order valence-electron chi connectivity index (χ0n) is 15.8. The van der Waals surface area contributed by atoms with E-state index in [0.717, 1.165) is 17.1 Å². The molecule has 0 unspecified atom stereocenters. The lowest BCUT2D eigenvalue weighted by Crippen LogP contribution is -2.50. The molecule has 0 radical (unpaired) electrons. The molecule has 0 spiro atoms. The number of carbonyl (C=O) groups is 1. The molecule has 146 valence electrons. The lowest BCUT2D eigenvalue weighted by molar-refractivity contribution is 0.0702. The first kappa shape index (κ1) is 19.9. The molecule has 1 aliphatic heterocycles. The van der Waals surface area contributed by atoms with E-state index < -0.39 is 10.0 Å². The molecule has 27 heavy (non-hydrogen) atoms. The van der Waals surface area contributed by atoms with Gasteiger partial charge in [0.2, 0.25) is 10.0 Å². The van der Waals surface area contributed by atoms with Gasteiger partial charge in [-0.25, -0.2) is 13.4 Å². The first-order chi connectivity index (χ1) is 12.8. The van der Waals surface area contributed by atoms with E-state index in [1.165, 1.54) is 27.9 Å². The molecule has 0 atom stereocenters. The Labute approximate surface area is 164 Å². The number of pyridine rings is 1. The second kappa shape index (κ2) is 8.04. The van der Waals surface area contributed by atoms with E-state index in [4.69, 9.17) is 0 Å². The fourth-order valence-corrected chi connectivity index (χ4v) is 5.64. The fourth-order valence-electron chi connectivity index (χ4n) is 3.01. The minimum atomic E-state index is -3.57. The quantitative estimate of drug-likeness (QED) is 0.757. The van der Waals surface area contributed by atoms with Crippen molar-refractivity contribution < 1.29 is 13.2 Å². The van der Waals surface area contributed by atoms with Gasteiger partial charge in [-0.2, -0.15) is 4.31 Å². The summed E-state index contributed by atoms with van der Waals surface area (Å²) in [4.78, 5) is 23.8. The molecule has 0 bridgehead atoms. The van der Waals surface area contributed by atoms with Crippen molar-refractivity contribution in [2.24, 2.45) is 5.92 Å². The minimum absolute atomic E-state index is 0.0570. The average Bonchev–Trinajstić information content (AvgIpc) is 3.01. The van der Waals surface area contributed by atoms with Gasteiger partial charge in [0, 0.05) is 45.0 Å². The fraction of sp³-hybridized carbons (Fsp3) is 0.500. The maximum Gasteiger partial charge on any atom is 0.265 e. The van der Waals surface area contributed by atoms with E-state index in [1.807, 2.05) is 6.92 Å². The summed E-state index contributed by atoms with van der Waals surface area (Å²) in [7, 11) is -3.57. The van der Waals surface area contributed by atoms with Crippen molar-refractivity contribution in [2.45, 2.75) is 32.1 Å². The summed E-state index contributed by atoms with van der Waals surface area (Å²) >= 11 is 1.45. The van der Waals surface area contributed by atoms with E-state index in [1.54, 1.807) is 17.2 Å². The van der Waals surface area contributed by atoms with Gasteiger partial charge in [0.15, 0.2) is 0 Å². The molecule has 0 saturated carbocycles. The Morgan fingerprint density at radius 3 is 2.56 bits per heavy atom. The van der Waals surface area contributed by atoms with Crippen molar-refractivity contribution in [1.82, 2.24) is 19.2 Å². The Kier molecular flexibility index (Phi) is 5.92. The smallest absolute Gasteiger partial charge is 0.265 e. The van der Waals surface area contributed by atoms with E-state index in [-0.39, 0.29) is 23.9 Å². The number of sulfonamides is 1. The Bertz CT molecular complexity index is 902. The van der Waals surface area contributed by atoms with Gasteiger partial charge in [0.25, 0.3) is 5.91 Å². The standard InChI is InChI=1S/C18H24N4O3S2/c1-13(2)11-16-20-14(3)17(26-16)18(23)21-7-9-22(10-8-21)27(24,25)15-5-4-6-19-12-15/h4-6,12-13H,7-11H2,1-3H3. The molecule has 2 aromatic heterocycles. The van der Waals surface area contributed by atoms with Gasteiger partial charge in [0.05, 0.1) is 10.7 Å². The van der Waals surface area contributed by atoms with Crippen molar-refractivity contribution in [3.63, 3.8) is 0 Å². The number of nitrogens with zero attached hydrogens (tertiary/aromatic N) is 4. The number of amides is 1. The molecule has 1 saturated heterocycles. The first-order valence-electron chi connectivity index (χ1n) is 8.95. The third kappa shape index (κ3) is 4.36. The number of hydrogen-bond acceptors (Lipinski definition) is 6. The highest BCUT2D eigenvalue weighted by atomic mass is 32.2. The number of carbonyl (C=O) groups excluding carboxylic acids is 1. The molecule has 1 aliphatic rings. The molecule has 2 aromatic rings. The lowest BCUT2D eigenvalue weighted by atomic mass is 10.1. The maximum atomic E-state index is 12.9. The number of piperazine rings is 1. The number of thiazole rings is 1. The van der Waals surface area contributed by atoms with Crippen LogP contribution in [0.15, 0.2) is 29.4 Å². The third-order valence-corrected chi connectivity index (χ3v) is 7.47. The number of hydrogen-bond donors (Lipinski definition) is 0. The molecule has 3 heterocycles.